The Morgan fingerprint density at radius 2 is 1.68 bits per heavy atom. The van der Waals surface area contributed by atoms with E-state index in [4.69, 9.17) is 0 Å². The van der Waals surface area contributed by atoms with Gasteiger partial charge in [0.15, 0.2) is 0 Å². The molecule has 1 saturated carbocycles. The van der Waals surface area contributed by atoms with Gasteiger partial charge in [0.2, 0.25) is 11.8 Å². The quantitative estimate of drug-likeness (QED) is 0.668. The van der Waals surface area contributed by atoms with Crippen molar-refractivity contribution in [1.82, 2.24) is 10.6 Å². The summed E-state index contributed by atoms with van der Waals surface area (Å²) in [7, 11) is 0. The van der Waals surface area contributed by atoms with Gasteiger partial charge in [-0.25, -0.2) is 4.79 Å². The van der Waals surface area contributed by atoms with E-state index in [1.807, 2.05) is 13.8 Å². The molecule has 0 aromatic heterocycles. The maximum absolute atomic E-state index is 12.0. The molecule has 1 aliphatic carbocycles. The molecule has 2 amide bonds. The van der Waals surface area contributed by atoms with Crippen LogP contribution in [0.4, 0.5) is 0 Å². The number of hydrogen-bond donors (Lipinski definition) is 3. The van der Waals surface area contributed by atoms with E-state index >= 15 is 0 Å². The lowest BCUT2D eigenvalue weighted by Crippen LogP contribution is -2.56. The van der Waals surface area contributed by atoms with Crippen molar-refractivity contribution in [3.8, 4) is 0 Å². The lowest BCUT2D eigenvalue weighted by molar-refractivity contribution is -0.149. The molecule has 0 unspecified atom stereocenters. The van der Waals surface area contributed by atoms with Crippen LogP contribution in [0.3, 0.4) is 0 Å². The molecule has 0 aliphatic heterocycles. The molecular weight excluding hydrogens is 284 g/mol. The topological polar surface area (TPSA) is 95.5 Å². The third-order valence-electron chi connectivity index (χ3n) is 4.17. The van der Waals surface area contributed by atoms with Crippen LogP contribution in [0.15, 0.2) is 0 Å². The summed E-state index contributed by atoms with van der Waals surface area (Å²) >= 11 is 0. The van der Waals surface area contributed by atoms with E-state index in [1.165, 1.54) is 0 Å². The lowest BCUT2D eigenvalue weighted by Gasteiger charge is -2.36. The highest BCUT2D eigenvalue weighted by molar-refractivity contribution is 5.87. The van der Waals surface area contributed by atoms with Crippen LogP contribution in [-0.2, 0) is 14.4 Å². The number of nitrogens with one attached hydrogen (secondary N) is 2. The van der Waals surface area contributed by atoms with Gasteiger partial charge < -0.3 is 15.7 Å². The molecule has 0 heterocycles. The molecule has 1 rings (SSSR count). The number of carbonyl (C=O) groups is 3. The summed E-state index contributed by atoms with van der Waals surface area (Å²) in [6, 6.07) is 0.0841. The number of aliphatic carboxylic acids is 1. The molecule has 0 aromatic carbocycles. The van der Waals surface area contributed by atoms with Crippen molar-refractivity contribution < 1.29 is 19.5 Å². The highest BCUT2D eigenvalue weighted by Crippen LogP contribution is 2.32. The normalized spacial score (nSPS) is 24.8. The predicted molar refractivity (Wildman–Crippen MR) is 83.3 cm³/mol. The van der Waals surface area contributed by atoms with Gasteiger partial charge in [0, 0.05) is 18.9 Å². The first-order chi connectivity index (χ1) is 10.2. The molecule has 6 heteroatoms. The first-order valence-corrected chi connectivity index (χ1v) is 8.09. The highest BCUT2D eigenvalue weighted by Gasteiger charge is 2.42. The smallest absolute Gasteiger partial charge is 0.329 e. The monoisotopic (exact) mass is 312 g/mol. The highest BCUT2D eigenvalue weighted by atomic mass is 16.4. The standard InChI is InChI=1S/C16H28N2O4/c1-11(2)17-13(19)5-4-6-14(20)18-16(15(21)22)9-7-12(3)8-10-16/h11-12H,4-10H2,1-3H3,(H,17,19)(H,18,20)(H,21,22). The van der Waals surface area contributed by atoms with Gasteiger partial charge in [0.05, 0.1) is 0 Å². The lowest BCUT2D eigenvalue weighted by atomic mass is 9.77. The van der Waals surface area contributed by atoms with E-state index in [1.54, 1.807) is 0 Å². The van der Waals surface area contributed by atoms with Crippen molar-refractivity contribution in [2.45, 2.75) is 77.3 Å². The maximum Gasteiger partial charge on any atom is 0.329 e. The SMILES string of the molecule is CC1CCC(NC(=O)CCCC(=O)NC(C)C)(C(=O)O)CC1. The average molecular weight is 312 g/mol. The Labute approximate surface area is 132 Å². The minimum atomic E-state index is -1.12. The third-order valence-corrected chi connectivity index (χ3v) is 4.17. The summed E-state index contributed by atoms with van der Waals surface area (Å²) in [5, 5.41) is 14.9. The van der Waals surface area contributed by atoms with Gasteiger partial charge >= 0.3 is 5.97 Å². The van der Waals surface area contributed by atoms with E-state index in [0.717, 1.165) is 12.8 Å². The summed E-state index contributed by atoms with van der Waals surface area (Å²) < 4.78 is 0. The van der Waals surface area contributed by atoms with Crippen LogP contribution in [0.25, 0.3) is 0 Å². The van der Waals surface area contributed by atoms with Gasteiger partial charge in [0.25, 0.3) is 0 Å². The predicted octanol–water partition coefficient (Wildman–Crippen LogP) is 1.83. The molecule has 6 nitrogen and oxygen atoms in total. The Kier molecular flexibility index (Phi) is 6.84. The first-order valence-electron chi connectivity index (χ1n) is 8.09. The second kappa shape index (κ2) is 8.15. The van der Waals surface area contributed by atoms with E-state index in [0.29, 0.717) is 25.2 Å². The van der Waals surface area contributed by atoms with Gasteiger partial charge in [-0.05, 0) is 51.9 Å². The Hall–Kier alpha value is -1.59. The van der Waals surface area contributed by atoms with Gasteiger partial charge in [-0.2, -0.15) is 0 Å². The third kappa shape index (κ3) is 5.66. The number of carboxylic acids is 1. The van der Waals surface area contributed by atoms with Crippen LogP contribution in [-0.4, -0.2) is 34.5 Å². The summed E-state index contributed by atoms with van der Waals surface area (Å²) in [5.74, 6) is -0.814. The average Bonchev–Trinajstić information content (AvgIpc) is 2.40. The number of carbonyl (C=O) groups excluding carboxylic acids is 2. The van der Waals surface area contributed by atoms with Gasteiger partial charge in [-0.15, -0.1) is 0 Å². The second-order valence-electron chi connectivity index (χ2n) is 6.69. The van der Waals surface area contributed by atoms with Crippen LogP contribution in [0, 0.1) is 5.92 Å². The van der Waals surface area contributed by atoms with E-state index < -0.39 is 11.5 Å². The molecule has 3 N–H and O–H groups in total. The van der Waals surface area contributed by atoms with Crippen molar-refractivity contribution in [3.63, 3.8) is 0 Å². The number of rotatable bonds is 7. The minimum Gasteiger partial charge on any atom is -0.480 e. The fraction of sp³-hybridized carbons (Fsp3) is 0.812. The molecule has 22 heavy (non-hydrogen) atoms. The molecule has 0 atom stereocenters. The number of carboxylic acid groups (broad SMARTS) is 1. The first kappa shape index (κ1) is 18.5. The zero-order valence-electron chi connectivity index (χ0n) is 13.8. The Balaban J connectivity index is 2.42. The molecule has 0 spiro atoms. The number of amides is 2. The van der Waals surface area contributed by atoms with E-state index in [2.05, 4.69) is 17.6 Å². The summed E-state index contributed by atoms with van der Waals surface area (Å²) in [5.41, 5.74) is -1.12. The molecule has 1 aliphatic rings. The zero-order chi connectivity index (χ0) is 16.8. The van der Waals surface area contributed by atoms with Gasteiger partial charge in [-0.1, -0.05) is 6.92 Å². The molecule has 1 fully saturated rings. The number of hydrogen-bond acceptors (Lipinski definition) is 3. The molecule has 0 aromatic rings. The second-order valence-corrected chi connectivity index (χ2v) is 6.69. The van der Waals surface area contributed by atoms with Crippen molar-refractivity contribution in [2.24, 2.45) is 5.92 Å². The van der Waals surface area contributed by atoms with E-state index in [9.17, 15) is 19.5 Å². The maximum atomic E-state index is 12.0. The molecule has 0 saturated heterocycles. The summed E-state index contributed by atoms with van der Waals surface area (Å²) in [6.45, 7) is 5.86. The molecular formula is C16H28N2O4. The van der Waals surface area contributed by atoms with Crippen LogP contribution in [0.1, 0.15) is 65.7 Å². The Morgan fingerprint density at radius 1 is 1.14 bits per heavy atom. The van der Waals surface area contributed by atoms with Crippen LogP contribution in [0.2, 0.25) is 0 Å². The van der Waals surface area contributed by atoms with E-state index in [-0.39, 0.29) is 30.7 Å². The van der Waals surface area contributed by atoms with Crippen molar-refractivity contribution >= 4 is 17.8 Å². The minimum absolute atomic E-state index is 0.0813. The zero-order valence-corrected chi connectivity index (χ0v) is 13.8. The van der Waals surface area contributed by atoms with Crippen molar-refractivity contribution in [3.05, 3.63) is 0 Å². The summed E-state index contributed by atoms with van der Waals surface area (Å²) in [6.07, 6.45) is 3.45. The van der Waals surface area contributed by atoms with Gasteiger partial charge in [-0.3, -0.25) is 9.59 Å². The van der Waals surface area contributed by atoms with Crippen molar-refractivity contribution in [1.29, 1.82) is 0 Å². The molecule has 0 radical (unpaired) electrons. The Bertz CT molecular complexity index is 412. The van der Waals surface area contributed by atoms with Crippen molar-refractivity contribution in [2.75, 3.05) is 0 Å². The fourth-order valence-electron chi connectivity index (χ4n) is 2.78. The molecule has 126 valence electrons. The fourth-order valence-corrected chi connectivity index (χ4v) is 2.78. The molecule has 0 bridgehead atoms. The largest absolute Gasteiger partial charge is 0.480 e. The van der Waals surface area contributed by atoms with Gasteiger partial charge in [0.1, 0.15) is 5.54 Å². The summed E-state index contributed by atoms with van der Waals surface area (Å²) in [4.78, 5) is 35.0. The van der Waals surface area contributed by atoms with Crippen LogP contribution in [0.5, 0.6) is 0 Å². The van der Waals surface area contributed by atoms with Crippen LogP contribution >= 0.6 is 0 Å². The Morgan fingerprint density at radius 3 is 2.18 bits per heavy atom. The van der Waals surface area contributed by atoms with Crippen LogP contribution < -0.4 is 10.6 Å².